The van der Waals surface area contributed by atoms with E-state index in [9.17, 15) is 21.6 Å². The molecule has 0 saturated carbocycles. The minimum atomic E-state index is -4.53. The fourth-order valence-corrected chi connectivity index (χ4v) is 2.55. The third-order valence-electron chi connectivity index (χ3n) is 2.80. The summed E-state index contributed by atoms with van der Waals surface area (Å²) in [6.45, 7) is 1.39. The second kappa shape index (κ2) is 6.09. The average molecular weight is 334 g/mol. The Balaban J connectivity index is 1.95. The predicted octanol–water partition coefficient (Wildman–Crippen LogP) is 2.62. The minimum absolute atomic E-state index is 0.00505. The Bertz CT molecular complexity index is 737. The molecule has 22 heavy (non-hydrogen) atoms. The van der Waals surface area contributed by atoms with Gasteiger partial charge in [-0.2, -0.15) is 26.7 Å². The van der Waals surface area contributed by atoms with Gasteiger partial charge in [0.05, 0.1) is 18.0 Å². The number of nitrogens with zero attached hydrogens (tertiary/aromatic N) is 2. The Kier molecular flexibility index (Phi) is 4.57. The highest BCUT2D eigenvalue weighted by molar-refractivity contribution is 7.86. The van der Waals surface area contributed by atoms with Crippen LogP contribution in [0.25, 0.3) is 0 Å². The number of aromatic nitrogens is 2. The van der Waals surface area contributed by atoms with Crippen molar-refractivity contribution >= 4 is 10.1 Å². The summed E-state index contributed by atoms with van der Waals surface area (Å²) < 4.78 is 66.6. The van der Waals surface area contributed by atoms with Gasteiger partial charge in [0.15, 0.2) is 5.69 Å². The van der Waals surface area contributed by atoms with Gasteiger partial charge < -0.3 is 0 Å². The molecule has 120 valence electrons. The second-order valence-corrected chi connectivity index (χ2v) is 6.17. The van der Waals surface area contributed by atoms with E-state index in [4.69, 9.17) is 4.18 Å². The Hall–Kier alpha value is -1.87. The highest BCUT2D eigenvalue weighted by Gasteiger charge is 2.33. The highest BCUT2D eigenvalue weighted by Crippen LogP contribution is 2.27. The molecule has 1 heterocycles. The zero-order chi connectivity index (χ0) is 16.4. The van der Waals surface area contributed by atoms with Crippen molar-refractivity contribution in [3.05, 3.63) is 47.8 Å². The summed E-state index contributed by atoms with van der Waals surface area (Å²) in [5.74, 6) is 0. The summed E-state index contributed by atoms with van der Waals surface area (Å²) in [7, 11) is -3.93. The zero-order valence-electron chi connectivity index (χ0n) is 11.5. The third-order valence-corrected chi connectivity index (χ3v) is 4.13. The molecule has 0 saturated heterocycles. The molecule has 1 aromatic heterocycles. The van der Waals surface area contributed by atoms with Crippen molar-refractivity contribution in [3.63, 3.8) is 0 Å². The molecular weight excluding hydrogens is 321 g/mol. The summed E-state index contributed by atoms with van der Waals surface area (Å²) in [4.78, 5) is -0.00505. The molecule has 0 bridgehead atoms. The van der Waals surface area contributed by atoms with Crippen molar-refractivity contribution in [2.45, 2.75) is 24.5 Å². The Morgan fingerprint density at radius 2 is 1.82 bits per heavy atom. The highest BCUT2D eigenvalue weighted by atomic mass is 32.2. The monoisotopic (exact) mass is 334 g/mol. The molecule has 1 aromatic carbocycles. The van der Waals surface area contributed by atoms with Crippen LogP contribution in [0.1, 0.15) is 11.3 Å². The average Bonchev–Trinajstić information content (AvgIpc) is 2.88. The van der Waals surface area contributed by atoms with Crippen LogP contribution in [0.5, 0.6) is 0 Å². The summed E-state index contributed by atoms with van der Waals surface area (Å²) >= 11 is 0. The van der Waals surface area contributed by atoms with Crippen LogP contribution in [0.15, 0.2) is 41.4 Å². The van der Waals surface area contributed by atoms with Gasteiger partial charge in [-0.3, -0.25) is 8.86 Å². The lowest BCUT2D eigenvalue weighted by Crippen LogP contribution is -2.13. The van der Waals surface area contributed by atoms with Crippen LogP contribution < -0.4 is 0 Å². The molecule has 0 aliphatic carbocycles. The summed E-state index contributed by atoms with van der Waals surface area (Å²) in [5, 5.41) is 3.30. The van der Waals surface area contributed by atoms with E-state index in [1.165, 1.54) is 12.1 Å². The van der Waals surface area contributed by atoms with Crippen molar-refractivity contribution in [2.75, 3.05) is 6.61 Å². The molecule has 0 fully saturated rings. The third kappa shape index (κ3) is 4.08. The van der Waals surface area contributed by atoms with Crippen molar-refractivity contribution < 1.29 is 25.8 Å². The Morgan fingerprint density at radius 1 is 1.18 bits per heavy atom. The maximum atomic E-state index is 12.4. The number of alkyl halides is 3. The van der Waals surface area contributed by atoms with Crippen LogP contribution in [0.4, 0.5) is 13.2 Å². The molecule has 0 aliphatic heterocycles. The first-order valence-corrected chi connectivity index (χ1v) is 7.66. The van der Waals surface area contributed by atoms with Gasteiger partial charge in [-0.1, -0.05) is 17.7 Å². The van der Waals surface area contributed by atoms with Crippen LogP contribution in [-0.2, 0) is 27.0 Å². The van der Waals surface area contributed by atoms with Crippen LogP contribution >= 0.6 is 0 Å². The number of benzene rings is 1. The molecule has 2 aromatic rings. The SMILES string of the molecule is Cc1ccc(S(=O)(=O)OCCn2ccc(C(F)(F)F)n2)cc1. The van der Waals surface area contributed by atoms with Gasteiger partial charge in [0.25, 0.3) is 10.1 Å². The molecule has 0 spiro atoms. The van der Waals surface area contributed by atoms with Crippen molar-refractivity contribution in [2.24, 2.45) is 0 Å². The maximum Gasteiger partial charge on any atom is 0.435 e. The van der Waals surface area contributed by atoms with Gasteiger partial charge >= 0.3 is 6.18 Å². The Labute approximate surface area is 125 Å². The largest absolute Gasteiger partial charge is 0.435 e. The minimum Gasteiger partial charge on any atom is -0.270 e. The smallest absolute Gasteiger partial charge is 0.270 e. The van der Waals surface area contributed by atoms with E-state index < -0.39 is 22.0 Å². The quantitative estimate of drug-likeness (QED) is 0.789. The molecule has 9 heteroatoms. The fraction of sp³-hybridized carbons (Fsp3) is 0.308. The molecule has 0 N–H and O–H groups in total. The lowest BCUT2D eigenvalue weighted by molar-refractivity contribution is -0.141. The van der Waals surface area contributed by atoms with Crippen molar-refractivity contribution in [1.29, 1.82) is 0 Å². The molecule has 0 aliphatic rings. The summed E-state index contributed by atoms with van der Waals surface area (Å²) in [6, 6.07) is 6.87. The molecule has 0 atom stereocenters. The van der Waals surface area contributed by atoms with Gasteiger partial charge in [0.1, 0.15) is 0 Å². The molecular formula is C13H13F3N2O3S. The number of halogens is 3. The molecule has 0 radical (unpaired) electrons. The van der Waals surface area contributed by atoms with Crippen LogP contribution in [0.2, 0.25) is 0 Å². The molecule has 0 unspecified atom stereocenters. The van der Waals surface area contributed by atoms with E-state index in [-0.39, 0.29) is 18.0 Å². The van der Waals surface area contributed by atoms with Gasteiger partial charge in [0, 0.05) is 6.20 Å². The number of hydrogen-bond acceptors (Lipinski definition) is 4. The number of hydrogen-bond donors (Lipinski definition) is 0. The maximum absolute atomic E-state index is 12.4. The standard InChI is InChI=1S/C13H13F3N2O3S/c1-10-2-4-11(5-3-10)22(19,20)21-9-8-18-7-6-12(17-18)13(14,15)16/h2-7H,8-9H2,1H3. The van der Waals surface area contributed by atoms with E-state index in [1.807, 2.05) is 6.92 Å². The van der Waals surface area contributed by atoms with Crippen LogP contribution in [0.3, 0.4) is 0 Å². The van der Waals surface area contributed by atoms with Gasteiger partial charge in [-0.25, -0.2) is 0 Å². The van der Waals surface area contributed by atoms with Crippen molar-refractivity contribution in [3.8, 4) is 0 Å². The lowest BCUT2D eigenvalue weighted by Gasteiger charge is -2.06. The Morgan fingerprint density at radius 3 is 2.36 bits per heavy atom. The molecule has 2 rings (SSSR count). The summed E-state index contributed by atoms with van der Waals surface area (Å²) in [5.41, 5.74) is -0.135. The first-order chi connectivity index (χ1) is 10.2. The normalized spacial score (nSPS) is 12.5. The van der Waals surface area contributed by atoms with Gasteiger partial charge in [-0.15, -0.1) is 0 Å². The topological polar surface area (TPSA) is 61.2 Å². The van der Waals surface area contributed by atoms with E-state index in [0.717, 1.165) is 22.5 Å². The van der Waals surface area contributed by atoms with Crippen LogP contribution in [-0.4, -0.2) is 24.8 Å². The molecule has 5 nitrogen and oxygen atoms in total. The lowest BCUT2D eigenvalue weighted by atomic mass is 10.2. The van der Waals surface area contributed by atoms with E-state index in [1.54, 1.807) is 12.1 Å². The van der Waals surface area contributed by atoms with Crippen LogP contribution in [0, 0.1) is 6.92 Å². The molecule has 0 amide bonds. The van der Waals surface area contributed by atoms with E-state index >= 15 is 0 Å². The fourth-order valence-electron chi connectivity index (χ4n) is 1.65. The zero-order valence-corrected chi connectivity index (χ0v) is 12.4. The first-order valence-electron chi connectivity index (χ1n) is 6.25. The van der Waals surface area contributed by atoms with E-state index in [2.05, 4.69) is 5.10 Å². The van der Waals surface area contributed by atoms with Gasteiger partial charge in [-0.05, 0) is 25.1 Å². The van der Waals surface area contributed by atoms with Gasteiger partial charge in [0.2, 0.25) is 0 Å². The number of aryl methyl sites for hydroxylation is 1. The predicted molar refractivity (Wildman–Crippen MR) is 71.5 cm³/mol. The first kappa shape index (κ1) is 16.5. The summed E-state index contributed by atoms with van der Waals surface area (Å²) in [6.07, 6.45) is -3.41. The van der Waals surface area contributed by atoms with Crippen molar-refractivity contribution in [1.82, 2.24) is 9.78 Å². The van der Waals surface area contributed by atoms with E-state index in [0.29, 0.717) is 0 Å². The second-order valence-electron chi connectivity index (χ2n) is 4.55. The number of rotatable bonds is 5.